The summed E-state index contributed by atoms with van der Waals surface area (Å²) in [6.45, 7) is 8.08. The summed E-state index contributed by atoms with van der Waals surface area (Å²) in [6.07, 6.45) is 5.54. The van der Waals surface area contributed by atoms with Gasteiger partial charge in [0.2, 0.25) is 0 Å². The van der Waals surface area contributed by atoms with E-state index in [-0.39, 0.29) is 23.2 Å². The number of rotatable bonds is 10. The number of unbranched alkanes of at least 4 members (excludes halogenated alkanes) is 2. The molecule has 1 saturated carbocycles. The molecule has 2 atom stereocenters. The van der Waals surface area contributed by atoms with E-state index in [4.69, 9.17) is 9.47 Å². The van der Waals surface area contributed by atoms with Gasteiger partial charge in [-0.3, -0.25) is 4.79 Å². The van der Waals surface area contributed by atoms with E-state index in [2.05, 4.69) is 58.7 Å². The predicted molar refractivity (Wildman–Crippen MR) is 112 cm³/mol. The largest absolute Gasteiger partial charge is 0.461 e. The lowest BCUT2D eigenvalue weighted by atomic mass is 10.1. The molecule has 0 saturated heterocycles. The number of esters is 1. The molecule has 0 heterocycles. The van der Waals surface area contributed by atoms with Crippen molar-refractivity contribution < 1.29 is 14.3 Å². The average Bonchev–Trinajstić information content (AvgIpc) is 3.12. The Morgan fingerprint density at radius 2 is 1.88 bits per heavy atom. The van der Waals surface area contributed by atoms with Gasteiger partial charge in [0.15, 0.2) is 0 Å². The highest BCUT2D eigenvalue weighted by molar-refractivity contribution is 9.28. The number of halogens is 2. The van der Waals surface area contributed by atoms with E-state index < -0.39 is 0 Å². The monoisotopic (exact) mass is 486 g/mol. The van der Waals surface area contributed by atoms with Gasteiger partial charge in [0.05, 0.1) is 15.9 Å². The molecule has 0 spiro atoms. The first-order valence-corrected chi connectivity index (χ1v) is 10.8. The lowest BCUT2D eigenvalue weighted by molar-refractivity contribution is -0.147. The number of hydrogen-bond acceptors (Lipinski definition) is 3. The van der Waals surface area contributed by atoms with Crippen LogP contribution in [0.3, 0.4) is 0 Å². The Kier molecular flexibility index (Phi) is 8.37. The number of ether oxygens (including phenoxy) is 2. The van der Waals surface area contributed by atoms with Crippen molar-refractivity contribution in [3.63, 3.8) is 0 Å². The molecule has 0 radical (unpaired) electrons. The Labute approximate surface area is 173 Å². The van der Waals surface area contributed by atoms with Crippen LogP contribution in [0.4, 0.5) is 0 Å². The summed E-state index contributed by atoms with van der Waals surface area (Å²) in [5.74, 6) is -0.0111. The van der Waals surface area contributed by atoms with Crippen molar-refractivity contribution in [1.82, 2.24) is 0 Å². The van der Waals surface area contributed by atoms with Gasteiger partial charge in [-0.05, 0) is 60.7 Å². The zero-order valence-corrected chi connectivity index (χ0v) is 18.9. The maximum absolute atomic E-state index is 12.4. The molecule has 26 heavy (non-hydrogen) atoms. The van der Waals surface area contributed by atoms with Gasteiger partial charge in [0.1, 0.15) is 6.61 Å². The Morgan fingerprint density at radius 3 is 2.54 bits per heavy atom. The first-order chi connectivity index (χ1) is 12.4. The standard InChI is InChI=1S/C21H28Br2O3/c1-4-5-6-10-25-13-15-8-7-9-16(11-15)14-26-20(24)19-17(12-18(22)23)21(19,2)3/h7-9,11-12,17,19H,4-6,10,13-14H2,1-3H3/t17-,19-/m0/s1. The second-order valence-corrected chi connectivity index (χ2v) is 10.2. The van der Waals surface area contributed by atoms with E-state index in [9.17, 15) is 4.79 Å². The third-order valence-corrected chi connectivity index (χ3v) is 5.53. The quantitative estimate of drug-likeness (QED) is 0.285. The molecule has 5 heteroatoms. The van der Waals surface area contributed by atoms with Crippen LogP contribution >= 0.6 is 31.9 Å². The van der Waals surface area contributed by atoms with Crippen molar-refractivity contribution >= 4 is 37.8 Å². The summed E-state index contributed by atoms with van der Waals surface area (Å²) >= 11 is 6.75. The topological polar surface area (TPSA) is 35.5 Å². The smallest absolute Gasteiger partial charge is 0.310 e. The van der Waals surface area contributed by atoms with Crippen molar-refractivity contribution in [3.8, 4) is 0 Å². The minimum absolute atomic E-state index is 0.0575. The summed E-state index contributed by atoms with van der Waals surface area (Å²) in [5, 5.41) is 0. The molecule has 1 aliphatic carbocycles. The van der Waals surface area contributed by atoms with Crippen molar-refractivity contribution in [3.05, 3.63) is 44.9 Å². The van der Waals surface area contributed by atoms with Gasteiger partial charge in [0, 0.05) is 6.61 Å². The predicted octanol–water partition coefficient (Wildman–Crippen LogP) is 6.34. The molecular weight excluding hydrogens is 460 g/mol. The fraction of sp³-hybridized carbons (Fsp3) is 0.571. The van der Waals surface area contributed by atoms with Gasteiger partial charge in [-0.25, -0.2) is 0 Å². The Morgan fingerprint density at radius 1 is 1.19 bits per heavy atom. The average molecular weight is 488 g/mol. The summed E-state index contributed by atoms with van der Waals surface area (Å²) in [6, 6.07) is 8.07. The van der Waals surface area contributed by atoms with E-state index in [0.29, 0.717) is 13.2 Å². The molecule has 1 aliphatic rings. The SMILES string of the molecule is CCCCCOCc1cccc(COC(=O)[C@@H]2[C@H](C=C(Br)Br)C2(C)C)c1. The Balaban J connectivity index is 1.81. The molecule has 0 N–H and O–H groups in total. The van der Waals surface area contributed by atoms with Crippen molar-refractivity contribution in [2.45, 2.75) is 53.2 Å². The van der Waals surface area contributed by atoms with Gasteiger partial charge in [-0.1, -0.05) is 64.0 Å². The maximum Gasteiger partial charge on any atom is 0.310 e. The number of allylic oxidation sites excluding steroid dienone is 1. The minimum Gasteiger partial charge on any atom is -0.461 e. The van der Waals surface area contributed by atoms with Crippen LogP contribution in [0.1, 0.15) is 51.2 Å². The van der Waals surface area contributed by atoms with Gasteiger partial charge < -0.3 is 9.47 Å². The third kappa shape index (κ3) is 6.21. The second-order valence-electron chi connectivity index (χ2n) is 7.47. The molecule has 0 aliphatic heterocycles. The molecule has 0 bridgehead atoms. The highest BCUT2D eigenvalue weighted by Crippen LogP contribution is 2.60. The molecule has 1 fully saturated rings. The normalized spacial score (nSPS) is 20.5. The van der Waals surface area contributed by atoms with Crippen LogP contribution in [0.15, 0.2) is 33.7 Å². The van der Waals surface area contributed by atoms with Gasteiger partial charge in [-0.15, -0.1) is 0 Å². The molecule has 0 aromatic heterocycles. The fourth-order valence-electron chi connectivity index (χ4n) is 3.27. The molecule has 0 amide bonds. The molecule has 144 valence electrons. The first kappa shape index (κ1) is 21.6. The number of carbonyl (C=O) groups excluding carboxylic acids is 1. The lowest BCUT2D eigenvalue weighted by Gasteiger charge is -2.08. The minimum atomic E-state index is -0.126. The van der Waals surface area contributed by atoms with Crippen LogP contribution < -0.4 is 0 Å². The van der Waals surface area contributed by atoms with Crippen molar-refractivity contribution in [1.29, 1.82) is 0 Å². The van der Waals surface area contributed by atoms with Crippen molar-refractivity contribution in [2.75, 3.05) is 6.61 Å². The van der Waals surface area contributed by atoms with Crippen molar-refractivity contribution in [2.24, 2.45) is 17.3 Å². The van der Waals surface area contributed by atoms with Gasteiger partial charge in [0.25, 0.3) is 0 Å². The van der Waals surface area contributed by atoms with Crippen LogP contribution in [0.5, 0.6) is 0 Å². The lowest BCUT2D eigenvalue weighted by Crippen LogP contribution is -2.10. The highest BCUT2D eigenvalue weighted by Gasteiger charge is 2.61. The fourth-order valence-corrected chi connectivity index (χ4v) is 3.84. The maximum atomic E-state index is 12.4. The van der Waals surface area contributed by atoms with Crippen LogP contribution in [0.2, 0.25) is 0 Å². The third-order valence-electron chi connectivity index (χ3n) is 5.00. The van der Waals surface area contributed by atoms with E-state index in [0.717, 1.165) is 27.5 Å². The molecule has 0 unspecified atom stereocenters. The van der Waals surface area contributed by atoms with Crippen LogP contribution in [-0.2, 0) is 27.5 Å². The summed E-state index contributed by atoms with van der Waals surface area (Å²) in [7, 11) is 0. The van der Waals surface area contributed by atoms with Crippen LogP contribution in [0.25, 0.3) is 0 Å². The number of benzene rings is 1. The zero-order chi connectivity index (χ0) is 19.2. The molecule has 3 nitrogen and oxygen atoms in total. The Bertz CT molecular complexity index is 636. The van der Waals surface area contributed by atoms with Crippen LogP contribution in [0, 0.1) is 17.3 Å². The molecule has 1 aromatic carbocycles. The summed E-state index contributed by atoms with van der Waals surface area (Å²) in [5.41, 5.74) is 2.06. The highest BCUT2D eigenvalue weighted by atomic mass is 79.9. The van der Waals surface area contributed by atoms with E-state index >= 15 is 0 Å². The summed E-state index contributed by atoms with van der Waals surface area (Å²) in [4.78, 5) is 12.4. The number of carbonyl (C=O) groups is 1. The molecule has 1 aromatic rings. The Hall–Kier alpha value is -0.650. The molecule has 2 rings (SSSR count). The van der Waals surface area contributed by atoms with E-state index in [1.165, 1.54) is 12.8 Å². The van der Waals surface area contributed by atoms with Gasteiger partial charge in [-0.2, -0.15) is 0 Å². The second kappa shape index (κ2) is 10.0. The molecular formula is C21H28Br2O3. The van der Waals surface area contributed by atoms with E-state index in [1.54, 1.807) is 0 Å². The summed E-state index contributed by atoms with van der Waals surface area (Å²) < 4.78 is 12.2. The van der Waals surface area contributed by atoms with Gasteiger partial charge >= 0.3 is 5.97 Å². The number of hydrogen-bond donors (Lipinski definition) is 0. The zero-order valence-electron chi connectivity index (χ0n) is 15.8. The van der Waals surface area contributed by atoms with E-state index in [1.807, 2.05) is 24.3 Å². The van der Waals surface area contributed by atoms with Crippen LogP contribution in [-0.4, -0.2) is 12.6 Å². The first-order valence-electron chi connectivity index (χ1n) is 9.21.